The van der Waals surface area contributed by atoms with Crippen molar-refractivity contribution in [1.29, 1.82) is 0 Å². The van der Waals surface area contributed by atoms with Crippen molar-refractivity contribution in [1.82, 2.24) is 4.72 Å². The monoisotopic (exact) mass is 332 g/mol. The Balaban J connectivity index is 2.18. The van der Waals surface area contributed by atoms with Crippen molar-refractivity contribution in [3.05, 3.63) is 23.5 Å². The van der Waals surface area contributed by atoms with Crippen LogP contribution in [0.4, 0.5) is 10.1 Å². The molecule has 0 aromatic heterocycles. The summed E-state index contributed by atoms with van der Waals surface area (Å²) < 4.78 is 41.1. The number of hydrogen-bond donors (Lipinski definition) is 2. The molecule has 0 spiro atoms. The third-order valence-electron chi connectivity index (χ3n) is 3.85. The maximum atomic E-state index is 13.5. The molecule has 0 amide bonds. The molecule has 0 radical (unpaired) electrons. The third kappa shape index (κ3) is 3.90. The number of thioether (sulfide) groups is 1. The Bertz CT molecular complexity index is 596. The van der Waals surface area contributed by atoms with E-state index in [9.17, 15) is 12.8 Å². The first-order chi connectivity index (χ1) is 9.83. The highest BCUT2D eigenvalue weighted by atomic mass is 32.2. The Labute approximate surface area is 129 Å². The molecule has 1 aliphatic carbocycles. The van der Waals surface area contributed by atoms with Gasteiger partial charge in [0.25, 0.3) is 0 Å². The fourth-order valence-electron chi connectivity index (χ4n) is 2.67. The van der Waals surface area contributed by atoms with E-state index in [2.05, 4.69) is 4.72 Å². The van der Waals surface area contributed by atoms with E-state index in [0.717, 1.165) is 25.7 Å². The zero-order valence-electron chi connectivity index (χ0n) is 12.2. The van der Waals surface area contributed by atoms with E-state index < -0.39 is 15.8 Å². The molecule has 2 unspecified atom stereocenters. The van der Waals surface area contributed by atoms with Gasteiger partial charge in [-0.1, -0.05) is 6.42 Å². The quantitative estimate of drug-likeness (QED) is 0.832. The van der Waals surface area contributed by atoms with Gasteiger partial charge in [-0.2, -0.15) is 11.8 Å². The number of aryl methyl sites for hydroxylation is 1. The minimum atomic E-state index is -3.66. The number of benzene rings is 1. The first-order valence-corrected chi connectivity index (χ1v) is 9.71. The Hall–Kier alpha value is -0.790. The predicted octanol–water partition coefficient (Wildman–Crippen LogP) is 2.67. The lowest BCUT2D eigenvalue weighted by molar-refractivity contribution is 0.421. The summed E-state index contributed by atoms with van der Waals surface area (Å²) in [6, 6.07) is 2.44. The molecule has 0 heterocycles. The molecule has 1 saturated carbocycles. The van der Waals surface area contributed by atoms with Gasteiger partial charge in [0.05, 0.1) is 10.6 Å². The number of nitrogens with one attached hydrogen (secondary N) is 1. The third-order valence-corrected chi connectivity index (χ3v) is 6.44. The second-order valence-corrected chi connectivity index (χ2v) is 8.34. The van der Waals surface area contributed by atoms with E-state index in [1.807, 2.05) is 6.26 Å². The summed E-state index contributed by atoms with van der Waals surface area (Å²) in [6.07, 6.45) is 5.86. The second-order valence-electron chi connectivity index (χ2n) is 5.49. The zero-order valence-corrected chi connectivity index (χ0v) is 13.9. The standard InChI is InChI=1S/C14H21FN2O2S2/c1-9-6-12(8-13(16)14(9)15)21(18,19)17-10-4-3-5-11(7-10)20-2/h6,8,10-11,17H,3-5,7,16H2,1-2H3. The molecular formula is C14H21FN2O2S2. The van der Waals surface area contributed by atoms with E-state index in [-0.39, 0.29) is 22.2 Å². The molecule has 7 heteroatoms. The van der Waals surface area contributed by atoms with Crippen molar-refractivity contribution in [3.63, 3.8) is 0 Å². The van der Waals surface area contributed by atoms with E-state index >= 15 is 0 Å². The summed E-state index contributed by atoms with van der Waals surface area (Å²) in [6.45, 7) is 1.51. The summed E-state index contributed by atoms with van der Waals surface area (Å²) in [5, 5.41) is 0.492. The predicted molar refractivity (Wildman–Crippen MR) is 85.4 cm³/mol. The lowest BCUT2D eigenvalue weighted by Gasteiger charge is -2.28. The van der Waals surface area contributed by atoms with Gasteiger partial charge in [0, 0.05) is 11.3 Å². The first kappa shape index (κ1) is 16.6. The zero-order chi connectivity index (χ0) is 15.6. The van der Waals surface area contributed by atoms with Crippen molar-refractivity contribution in [2.24, 2.45) is 0 Å². The average Bonchev–Trinajstić information content (AvgIpc) is 2.44. The van der Waals surface area contributed by atoms with Gasteiger partial charge in [-0.25, -0.2) is 17.5 Å². The molecule has 3 N–H and O–H groups in total. The molecule has 2 atom stereocenters. The number of sulfonamides is 1. The van der Waals surface area contributed by atoms with E-state index in [1.54, 1.807) is 11.8 Å². The molecule has 0 aliphatic heterocycles. The average molecular weight is 332 g/mol. The highest BCUT2D eigenvalue weighted by molar-refractivity contribution is 7.99. The number of nitrogens with two attached hydrogens (primary N) is 1. The van der Waals surface area contributed by atoms with Gasteiger partial charge in [0.1, 0.15) is 5.82 Å². The molecule has 1 fully saturated rings. The molecule has 0 saturated heterocycles. The number of rotatable bonds is 4. The van der Waals surface area contributed by atoms with Gasteiger partial charge < -0.3 is 5.73 Å². The van der Waals surface area contributed by atoms with Gasteiger partial charge in [-0.15, -0.1) is 0 Å². The van der Waals surface area contributed by atoms with E-state index in [1.165, 1.54) is 19.1 Å². The number of halogens is 1. The van der Waals surface area contributed by atoms with Crippen LogP contribution in [0.25, 0.3) is 0 Å². The summed E-state index contributed by atoms with van der Waals surface area (Å²) in [4.78, 5) is 0.0326. The Morgan fingerprint density at radius 2 is 2.10 bits per heavy atom. The summed E-state index contributed by atoms with van der Waals surface area (Å²) >= 11 is 1.77. The lowest BCUT2D eigenvalue weighted by atomic mass is 9.96. The molecular weight excluding hydrogens is 311 g/mol. The van der Waals surface area contributed by atoms with Crippen molar-refractivity contribution >= 4 is 27.5 Å². The largest absolute Gasteiger partial charge is 0.396 e. The van der Waals surface area contributed by atoms with Gasteiger partial charge in [-0.3, -0.25) is 0 Å². The smallest absolute Gasteiger partial charge is 0.240 e. The highest BCUT2D eigenvalue weighted by Gasteiger charge is 2.26. The summed E-state index contributed by atoms with van der Waals surface area (Å²) in [5.74, 6) is -0.561. The van der Waals surface area contributed by atoms with Crippen LogP contribution in [0.5, 0.6) is 0 Å². The summed E-state index contributed by atoms with van der Waals surface area (Å²) in [5.41, 5.74) is 5.62. The van der Waals surface area contributed by atoms with Crippen LogP contribution in [0.15, 0.2) is 17.0 Å². The van der Waals surface area contributed by atoms with Gasteiger partial charge in [-0.05, 0) is 50.1 Å². The van der Waals surface area contributed by atoms with Crippen LogP contribution < -0.4 is 10.5 Å². The normalized spacial score (nSPS) is 23.2. The van der Waals surface area contributed by atoms with Crippen LogP contribution in [0.2, 0.25) is 0 Å². The number of anilines is 1. The van der Waals surface area contributed by atoms with Crippen LogP contribution >= 0.6 is 11.8 Å². The molecule has 118 valence electrons. The molecule has 1 aliphatic rings. The van der Waals surface area contributed by atoms with Crippen LogP contribution in [0.3, 0.4) is 0 Å². The van der Waals surface area contributed by atoms with Crippen molar-refractivity contribution in [2.45, 2.75) is 48.8 Å². The fraction of sp³-hybridized carbons (Fsp3) is 0.571. The van der Waals surface area contributed by atoms with Crippen LogP contribution in [0, 0.1) is 12.7 Å². The molecule has 0 bridgehead atoms. The van der Waals surface area contributed by atoms with Crippen molar-refractivity contribution in [2.75, 3.05) is 12.0 Å². The van der Waals surface area contributed by atoms with Gasteiger partial charge in [0.15, 0.2) is 0 Å². The highest BCUT2D eigenvalue weighted by Crippen LogP contribution is 2.28. The number of nitrogen functional groups attached to an aromatic ring is 1. The SMILES string of the molecule is CSC1CCCC(NS(=O)(=O)c2cc(C)c(F)c(N)c2)C1. The Morgan fingerprint density at radius 3 is 2.71 bits per heavy atom. The topological polar surface area (TPSA) is 72.2 Å². The minimum absolute atomic E-state index is 0.0326. The van der Waals surface area contributed by atoms with Crippen LogP contribution in [0.1, 0.15) is 31.2 Å². The van der Waals surface area contributed by atoms with E-state index in [4.69, 9.17) is 5.73 Å². The summed E-state index contributed by atoms with van der Waals surface area (Å²) in [7, 11) is -3.66. The van der Waals surface area contributed by atoms with Crippen LogP contribution in [-0.4, -0.2) is 26.0 Å². The maximum Gasteiger partial charge on any atom is 0.240 e. The second kappa shape index (κ2) is 6.54. The number of hydrogen-bond acceptors (Lipinski definition) is 4. The minimum Gasteiger partial charge on any atom is -0.396 e. The van der Waals surface area contributed by atoms with Gasteiger partial charge >= 0.3 is 0 Å². The maximum absolute atomic E-state index is 13.5. The first-order valence-electron chi connectivity index (χ1n) is 6.94. The van der Waals surface area contributed by atoms with E-state index in [0.29, 0.717) is 5.25 Å². The molecule has 2 rings (SSSR count). The van der Waals surface area contributed by atoms with Gasteiger partial charge in [0.2, 0.25) is 10.0 Å². The van der Waals surface area contributed by atoms with Crippen LogP contribution in [-0.2, 0) is 10.0 Å². The fourth-order valence-corrected chi connectivity index (χ4v) is 4.90. The molecule has 4 nitrogen and oxygen atoms in total. The molecule has 1 aromatic carbocycles. The lowest BCUT2D eigenvalue weighted by Crippen LogP contribution is -2.39. The molecule has 21 heavy (non-hydrogen) atoms. The van der Waals surface area contributed by atoms with Crippen molar-refractivity contribution < 1.29 is 12.8 Å². The Morgan fingerprint density at radius 1 is 1.38 bits per heavy atom. The Kier molecular flexibility index (Phi) is 5.16. The van der Waals surface area contributed by atoms with Crippen molar-refractivity contribution in [3.8, 4) is 0 Å². The molecule has 1 aromatic rings.